The third-order valence-electron chi connectivity index (χ3n) is 6.24. The van der Waals surface area contributed by atoms with Crippen molar-refractivity contribution >= 4 is 67.2 Å². The van der Waals surface area contributed by atoms with Crippen LogP contribution >= 0.6 is 26.9 Å². The predicted molar refractivity (Wildman–Crippen MR) is 157 cm³/mol. The van der Waals surface area contributed by atoms with Crippen molar-refractivity contribution in [2.75, 3.05) is 32.7 Å². The number of aromatic nitrogens is 1. The number of para-hydroxylation sites is 4. The molecule has 0 aliphatic carbocycles. The van der Waals surface area contributed by atoms with E-state index in [2.05, 4.69) is 76.0 Å². The Kier molecular flexibility index (Phi) is 10.5. The molecule has 0 spiro atoms. The van der Waals surface area contributed by atoms with Gasteiger partial charge in [-0.3, -0.25) is 9.80 Å². The summed E-state index contributed by atoms with van der Waals surface area (Å²) in [7, 11) is 0. The number of hydrogen-bond donors (Lipinski definition) is 1. The van der Waals surface area contributed by atoms with E-state index in [9.17, 15) is 9.90 Å². The molecule has 2 aliphatic rings. The average molecular weight is 734 g/mol. The second-order valence-corrected chi connectivity index (χ2v) is 16.0. The average Bonchev–Trinajstić information content (AvgIpc) is 3.50. The van der Waals surface area contributed by atoms with Gasteiger partial charge in [-0.15, -0.1) is 0 Å². The Morgan fingerprint density at radius 2 is 1.21 bits per heavy atom. The first-order chi connectivity index (χ1) is 18.5. The van der Waals surface area contributed by atoms with E-state index >= 15 is 0 Å². The number of aromatic carboxylic acids is 1. The van der Waals surface area contributed by atoms with Crippen LogP contribution in [0, 0.1) is 13.3 Å². The SMILES string of the molecule is CCCCN1[C]N(c2cc(C(=O)O)cc(N3[C]N(CCCC)c4ccccc43)n2)c2ccccc21.[Br][Pd][Br]. The van der Waals surface area contributed by atoms with E-state index in [1.807, 2.05) is 46.2 Å². The van der Waals surface area contributed by atoms with Crippen LogP contribution in [0.25, 0.3) is 0 Å². The third-order valence-corrected chi connectivity index (χ3v) is 6.24. The molecule has 2 aliphatic heterocycles. The van der Waals surface area contributed by atoms with Crippen LogP contribution in [0.2, 0.25) is 0 Å². The molecule has 202 valence electrons. The number of carboxylic acids is 1. The van der Waals surface area contributed by atoms with Crippen LogP contribution < -0.4 is 19.6 Å². The summed E-state index contributed by atoms with van der Waals surface area (Å²) in [5, 5.41) is 9.92. The van der Waals surface area contributed by atoms with Gasteiger partial charge in [-0.2, -0.15) is 0 Å². The second kappa shape index (κ2) is 13.8. The first-order valence-electron chi connectivity index (χ1n) is 12.5. The summed E-state index contributed by atoms with van der Waals surface area (Å²) in [5.41, 5.74) is 4.12. The molecule has 0 fully saturated rings. The Hall–Kier alpha value is -2.12. The van der Waals surface area contributed by atoms with Gasteiger partial charge >= 0.3 is 46.8 Å². The first-order valence-corrected chi connectivity index (χ1v) is 19.6. The van der Waals surface area contributed by atoms with Gasteiger partial charge in [0.25, 0.3) is 0 Å². The number of halogens is 2. The summed E-state index contributed by atoms with van der Waals surface area (Å²) in [5.74, 6) is 0.0239. The maximum absolute atomic E-state index is 12.1. The quantitative estimate of drug-likeness (QED) is 0.224. The Balaban J connectivity index is 0.00000107. The molecular weight excluding hydrogens is 705 g/mol. The van der Waals surface area contributed by atoms with Crippen molar-refractivity contribution in [3.8, 4) is 0 Å². The molecule has 3 heterocycles. The van der Waals surface area contributed by atoms with E-state index in [0.29, 0.717) is 25.6 Å². The standard InChI is InChI=1S/C28H29N5O2.2BrH.Pd/c1-3-5-15-30-19-32(24-13-9-7-11-22(24)30)26-17-21(28(34)35)18-27(29-26)33-20-31(16-6-4-2)23-12-8-10-14-25(23)33;;;/h7-14,17-18H,3-6,15-16H2,1-2H3,(H,34,35);2*1H;/q;;;+2/p-2. The summed E-state index contributed by atoms with van der Waals surface area (Å²) >= 11 is 6.80. The number of benzene rings is 2. The molecule has 1 aromatic heterocycles. The number of nitrogens with zero attached hydrogens (tertiary/aromatic N) is 5. The predicted octanol–water partition coefficient (Wildman–Crippen LogP) is 7.98. The van der Waals surface area contributed by atoms with Crippen molar-refractivity contribution < 1.29 is 23.8 Å². The third kappa shape index (κ3) is 6.36. The van der Waals surface area contributed by atoms with E-state index in [1.54, 1.807) is 12.1 Å². The van der Waals surface area contributed by atoms with Gasteiger partial charge in [-0.25, -0.2) is 9.78 Å². The number of pyridine rings is 1. The molecule has 38 heavy (non-hydrogen) atoms. The molecule has 0 bridgehead atoms. The van der Waals surface area contributed by atoms with Gasteiger partial charge in [0.05, 0.1) is 28.3 Å². The summed E-state index contributed by atoms with van der Waals surface area (Å²) in [6, 6.07) is 19.3. The monoisotopic (exact) mass is 731 g/mol. The van der Waals surface area contributed by atoms with Crippen molar-refractivity contribution in [2.45, 2.75) is 39.5 Å². The zero-order valence-corrected chi connectivity index (χ0v) is 25.9. The number of carboxylic acid groups (broad SMARTS) is 1. The van der Waals surface area contributed by atoms with E-state index in [-0.39, 0.29) is 5.56 Å². The number of hydrogen-bond acceptors (Lipinski definition) is 6. The van der Waals surface area contributed by atoms with Crippen LogP contribution in [0.5, 0.6) is 0 Å². The van der Waals surface area contributed by atoms with Crippen LogP contribution in [-0.4, -0.2) is 29.1 Å². The first kappa shape index (κ1) is 28.9. The topological polar surface area (TPSA) is 63.2 Å². The zero-order valence-electron chi connectivity index (χ0n) is 21.2. The van der Waals surface area contributed by atoms with Crippen LogP contribution in [0.3, 0.4) is 0 Å². The van der Waals surface area contributed by atoms with E-state index in [4.69, 9.17) is 4.98 Å². The van der Waals surface area contributed by atoms with Crippen LogP contribution in [0.15, 0.2) is 60.7 Å². The molecule has 10 heteroatoms. The molecule has 5 rings (SSSR count). The van der Waals surface area contributed by atoms with Gasteiger partial charge in [0.15, 0.2) is 0 Å². The van der Waals surface area contributed by atoms with Crippen molar-refractivity contribution in [3.63, 3.8) is 0 Å². The van der Waals surface area contributed by atoms with Crippen LogP contribution in [0.1, 0.15) is 49.9 Å². The molecule has 4 radical (unpaired) electrons. The Morgan fingerprint density at radius 1 is 0.816 bits per heavy atom. The number of anilines is 6. The summed E-state index contributed by atoms with van der Waals surface area (Å²) < 4.78 is 0. The molecule has 0 unspecified atom stereocenters. The normalized spacial score (nSPS) is 13.9. The fourth-order valence-electron chi connectivity index (χ4n) is 4.40. The number of unbranched alkanes of at least 4 members (excludes halogenated alkanes) is 2. The molecule has 0 saturated heterocycles. The van der Waals surface area contributed by atoms with Gasteiger partial charge < -0.3 is 14.9 Å². The fourth-order valence-corrected chi connectivity index (χ4v) is 4.40. The molecule has 0 amide bonds. The molecule has 3 aromatic rings. The number of rotatable bonds is 9. The van der Waals surface area contributed by atoms with Crippen molar-refractivity contribution in [2.24, 2.45) is 0 Å². The summed E-state index contributed by atoms with van der Waals surface area (Å²) in [4.78, 5) is 24.9. The van der Waals surface area contributed by atoms with E-state index in [0.717, 1.165) is 61.5 Å². The molecular formula is C28H29Br2N5O2Pd. The minimum absolute atomic E-state index is 0.169. The molecule has 0 atom stereocenters. The van der Waals surface area contributed by atoms with Crippen LogP contribution in [-0.2, 0) is 13.9 Å². The van der Waals surface area contributed by atoms with Crippen molar-refractivity contribution in [3.05, 3.63) is 79.6 Å². The van der Waals surface area contributed by atoms with Crippen LogP contribution in [0.4, 0.5) is 34.4 Å². The Labute approximate surface area is 246 Å². The molecule has 1 N–H and O–H groups in total. The van der Waals surface area contributed by atoms with Gasteiger partial charge in [-0.1, -0.05) is 51.0 Å². The molecule has 0 saturated carbocycles. The second-order valence-electron chi connectivity index (χ2n) is 8.78. The summed E-state index contributed by atoms with van der Waals surface area (Å²) in [6.07, 6.45) is 4.22. The van der Waals surface area contributed by atoms with Gasteiger partial charge in [0.1, 0.15) is 11.6 Å². The van der Waals surface area contributed by atoms with Crippen molar-refractivity contribution in [1.29, 1.82) is 0 Å². The maximum atomic E-state index is 12.1. The minimum atomic E-state index is -0.999. The number of fused-ring (bicyclic) bond motifs is 2. The number of carbonyl (C=O) groups is 1. The molecule has 2 aromatic carbocycles. The Morgan fingerprint density at radius 3 is 1.58 bits per heavy atom. The summed E-state index contributed by atoms with van der Waals surface area (Å²) in [6.45, 7) is 12.8. The van der Waals surface area contributed by atoms with E-state index < -0.39 is 5.97 Å². The molecule has 7 nitrogen and oxygen atoms in total. The Bertz CT molecular complexity index is 1160. The zero-order chi connectivity index (χ0) is 27.1. The van der Waals surface area contributed by atoms with Gasteiger partial charge in [0, 0.05) is 13.1 Å². The fraction of sp³-hybridized carbons (Fsp3) is 0.286. The van der Waals surface area contributed by atoms with E-state index in [1.165, 1.54) is 0 Å². The van der Waals surface area contributed by atoms with Gasteiger partial charge in [-0.05, 0) is 49.2 Å². The van der Waals surface area contributed by atoms with Crippen molar-refractivity contribution in [1.82, 2.24) is 4.98 Å². The van der Waals surface area contributed by atoms with Gasteiger partial charge in [0.2, 0.25) is 13.3 Å².